The molecule has 0 amide bonds. The van der Waals surface area contributed by atoms with E-state index in [-0.39, 0.29) is 23.5 Å². The van der Waals surface area contributed by atoms with Crippen LogP contribution in [0.25, 0.3) is 0 Å². The molecule has 0 saturated heterocycles. The van der Waals surface area contributed by atoms with Crippen molar-refractivity contribution in [2.24, 2.45) is 5.92 Å². The van der Waals surface area contributed by atoms with Gasteiger partial charge in [-0.3, -0.25) is 0 Å². The molecule has 0 bridgehead atoms. The SMILES string of the molecule is CCC(C(=O)O)=C(C(=O)O)C(C)C.CNC. The second-order valence-electron chi connectivity index (χ2n) is 3.51. The Morgan fingerprint density at radius 2 is 1.50 bits per heavy atom. The molecule has 0 saturated carbocycles. The Morgan fingerprint density at radius 1 is 1.12 bits per heavy atom. The van der Waals surface area contributed by atoms with E-state index >= 15 is 0 Å². The third-order valence-corrected chi connectivity index (χ3v) is 1.74. The molecule has 0 fully saturated rings. The van der Waals surface area contributed by atoms with Crippen LogP contribution in [0.15, 0.2) is 11.1 Å². The van der Waals surface area contributed by atoms with E-state index in [1.165, 1.54) is 0 Å². The summed E-state index contributed by atoms with van der Waals surface area (Å²) < 4.78 is 0. The van der Waals surface area contributed by atoms with Crippen LogP contribution in [0.1, 0.15) is 27.2 Å². The Kier molecular flexibility index (Phi) is 9.49. The summed E-state index contributed by atoms with van der Waals surface area (Å²) in [6.07, 6.45) is 0.231. The average molecular weight is 231 g/mol. The highest BCUT2D eigenvalue weighted by Crippen LogP contribution is 2.17. The van der Waals surface area contributed by atoms with Crippen LogP contribution in [-0.4, -0.2) is 36.2 Å². The van der Waals surface area contributed by atoms with Crippen LogP contribution in [0.4, 0.5) is 0 Å². The third kappa shape index (κ3) is 6.19. The van der Waals surface area contributed by atoms with Gasteiger partial charge in [0.25, 0.3) is 0 Å². The van der Waals surface area contributed by atoms with Crippen molar-refractivity contribution in [3.63, 3.8) is 0 Å². The van der Waals surface area contributed by atoms with Crippen LogP contribution >= 0.6 is 0 Å². The first-order valence-corrected chi connectivity index (χ1v) is 5.11. The minimum Gasteiger partial charge on any atom is -0.478 e. The predicted molar refractivity (Wildman–Crippen MR) is 62.4 cm³/mol. The summed E-state index contributed by atoms with van der Waals surface area (Å²) in [5.74, 6) is -2.56. The first-order valence-electron chi connectivity index (χ1n) is 5.11. The zero-order valence-electron chi connectivity index (χ0n) is 10.5. The van der Waals surface area contributed by atoms with Gasteiger partial charge < -0.3 is 15.5 Å². The van der Waals surface area contributed by atoms with Crippen molar-refractivity contribution in [2.45, 2.75) is 27.2 Å². The Balaban J connectivity index is 0. The van der Waals surface area contributed by atoms with Gasteiger partial charge in [-0.25, -0.2) is 9.59 Å². The highest BCUT2D eigenvalue weighted by atomic mass is 16.4. The summed E-state index contributed by atoms with van der Waals surface area (Å²) >= 11 is 0. The minimum atomic E-state index is -1.14. The van der Waals surface area contributed by atoms with E-state index in [1.54, 1.807) is 20.8 Å². The molecule has 0 aromatic rings. The summed E-state index contributed by atoms with van der Waals surface area (Å²) in [5.41, 5.74) is -0.0162. The number of hydrogen-bond donors (Lipinski definition) is 3. The van der Waals surface area contributed by atoms with E-state index in [0.29, 0.717) is 0 Å². The van der Waals surface area contributed by atoms with Gasteiger partial charge in [-0.1, -0.05) is 20.8 Å². The molecule has 0 heterocycles. The second kappa shape index (κ2) is 8.91. The van der Waals surface area contributed by atoms with E-state index in [9.17, 15) is 9.59 Å². The molecule has 3 N–H and O–H groups in total. The van der Waals surface area contributed by atoms with Gasteiger partial charge in [-0.05, 0) is 26.4 Å². The van der Waals surface area contributed by atoms with Gasteiger partial charge in [0.05, 0.1) is 0 Å². The highest BCUT2D eigenvalue weighted by molar-refractivity contribution is 5.99. The van der Waals surface area contributed by atoms with E-state index in [1.807, 2.05) is 14.1 Å². The normalized spacial score (nSPS) is 11.4. The highest BCUT2D eigenvalue weighted by Gasteiger charge is 2.20. The molecule has 5 heteroatoms. The van der Waals surface area contributed by atoms with Crippen LogP contribution in [-0.2, 0) is 9.59 Å². The predicted octanol–water partition coefficient (Wildman–Crippen LogP) is 1.35. The van der Waals surface area contributed by atoms with E-state index in [4.69, 9.17) is 10.2 Å². The molecule has 0 unspecified atom stereocenters. The lowest BCUT2D eigenvalue weighted by molar-refractivity contribution is -0.136. The standard InChI is InChI=1S/C9H14O4.C2H7N/c1-4-6(8(10)11)7(5(2)3)9(12)13;1-3-2/h5H,4H2,1-3H3,(H,10,11)(H,12,13);3H,1-2H3. The van der Waals surface area contributed by atoms with E-state index in [0.717, 1.165) is 0 Å². The third-order valence-electron chi connectivity index (χ3n) is 1.74. The molecular weight excluding hydrogens is 210 g/mol. The quantitative estimate of drug-likeness (QED) is 0.636. The van der Waals surface area contributed by atoms with Crippen molar-refractivity contribution in [1.82, 2.24) is 5.32 Å². The zero-order chi connectivity index (χ0) is 13.3. The maximum absolute atomic E-state index is 10.7. The summed E-state index contributed by atoms with van der Waals surface area (Å²) in [6.45, 7) is 4.97. The van der Waals surface area contributed by atoms with Gasteiger partial charge in [0.1, 0.15) is 0 Å². The molecule has 0 rings (SSSR count). The molecular formula is C11H21NO4. The minimum absolute atomic E-state index is 0.00463. The monoisotopic (exact) mass is 231 g/mol. The van der Waals surface area contributed by atoms with E-state index < -0.39 is 11.9 Å². The zero-order valence-corrected chi connectivity index (χ0v) is 10.5. The lowest BCUT2D eigenvalue weighted by Gasteiger charge is -2.09. The van der Waals surface area contributed by atoms with Crippen LogP contribution in [0.5, 0.6) is 0 Å². The van der Waals surface area contributed by atoms with E-state index in [2.05, 4.69) is 5.32 Å². The van der Waals surface area contributed by atoms with Crippen molar-refractivity contribution < 1.29 is 19.8 Å². The number of hydrogen-bond acceptors (Lipinski definition) is 3. The second-order valence-corrected chi connectivity index (χ2v) is 3.51. The maximum atomic E-state index is 10.7. The number of carbonyl (C=O) groups is 2. The van der Waals surface area contributed by atoms with Crippen molar-refractivity contribution in [1.29, 1.82) is 0 Å². The lowest BCUT2D eigenvalue weighted by Crippen LogP contribution is -2.15. The first-order chi connectivity index (χ1) is 7.33. The molecule has 0 atom stereocenters. The molecule has 5 nitrogen and oxygen atoms in total. The summed E-state index contributed by atoms with van der Waals surface area (Å²) in [5, 5.41) is 20.2. The average Bonchev–Trinajstić information content (AvgIpc) is 2.12. The molecule has 0 aliphatic heterocycles. The molecule has 16 heavy (non-hydrogen) atoms. The van der Waals surface area contributed by atoms with Gasteiger partial charge in [0.15, 0.2) is 0 Å². The fourth-order valence-corrected chi connectivity index (χ4v) is 1.18. The summed E-state index contributed by atoms with van der Waals surface area (Å²) in [7, 11) is 3.75. The number of nitrogens with one attached hydrogen (secondary N) is 1. The molecule has 0 aliphatic carbocycles. The summed E-state index contributed by atoms with van der Waals surface area (Å²) in [6, 6.07) is 0. The first kappa shape index (κ1) is 17.0. The van der Waals surface area contributed by atoms with Crippen LogP contribution in [0.2, 0.25) is 0 Å². The van der Waals surface area contributed by atoms with Gasteiger partial charge >= 0.3 is 11.9 Å². The van der Waals surface area contributed by atoms with Crippen LogP contribution in [0.3, 0.4) is 0 Å². The van der Waals surface area contributed by atoms with Crippen molar-refractivity contribution in [3.8, 4) is 0 Å². The Labute approximate surface area is 96.2 Å². The van der Waals surface area contributed by atoms with Gasteiger partial charge in [-0.2, -0.15) is 0 Å². The molecule has 94 valence electrons. The number of aliphatic carboxylic acids is 2. The molecule has 0 aromatic heterocycles. The topological polar surface area (TPSA) is 86.6 Å². The number of carboxylic acid groups (broad SMARTS) is 2. The Hall–Kier alpha value is -1.36. The van der Waals surface area contributed by atoms with Gasteiger partial charge in [0.2, 0.25) is 0 Å². The fourth-order valence-electron chi connectivity index (χ4n) is 1.18. The molecule has 0 radical (unpaired) electrons. The van der Waals surface area contributed by atoms with Crippen LogP contribution in [0, 0.1) is 5.92 Å². The summed E-state index contributed by atoms with van der Waals surface area (Å²) in [4.78, 5) is 21.4. The number of rotatable bonds is 4. The van der Waals surface area contributed by atoms with Crippen LogP contribution < -0.4 is 5.32 Å². The smallest absolute Gasteiger partial charge is 0.332 e. The fraction of sp³-hybridized carbons (Fsp3) is 0.636. The van der Waals surface area contributed by atoms with Crippen molar-refractivity contribution in [3.05, 3.63) is 11.1 Å². The lowest BCUT2D eigenvalue weighted by atomic mass is 9.96. The maximum Gasteiger partial charge on any atom is 0.332 e. The molecule has 0 aromatic carbocycles. The number of carboxylic acids is 2. The molecule has 0 spiro atoms. The Bertz CT molecular complexity index is 269. The largest absolute Gasteiger partial charge is 0.478 e. The molecule has 0 aliphatic rings. The van der Waals surface area contributed by atoms with Gasteiger partial charge in [-0.15, -0.1) is 0 Å². The Morgan fingerprint density at radius 3 is 1.56 bits per heavy atom. The van der Waals surface area contributed by atoms with Crippen molar-refractivity contribution >= 4 is 11.9 Å². The van der Waals surface area contributed by atoms with Crippen molar-refractivity contribution in [2.75, 3.05) is 14.1 Å². The van der Waals surface area contributed by atoms with Gasteiger partial charge in [0, 0.05) is 11.1 Å².